The number of hydrogen-bond donors (Lipinski definition) is 2. The van der Waals surface area contributed by atoms with Crippen molar-refractivity contribution in [1.82, 2.24) is 4.72 Å². The third kappa shape index (κ3) is 3.48. The van der Waals surface area contributed by atoms with Gasteiger partial charge in [-0.1, -0.05) is 0 Å². The van der Waals surface area contributed by atoms with Gasteiger partial charge in [-0.2, -0.15) is 0 Å². The van der Waals surface area contributed by atoms with Gasteiger partial charge in [-0.25, -0.2) is 13.1 Å². The fourth-order valence-corrected chi connectivity index (χ4v) is 4.17. The van der Waals surface area contributed by atoms with Crippen LogP contribution in [0.4, 0.5) is 0 Å². The van der Waals surface area contributed by atoms with E-state index in [1.165, 1.54) is 0 Å². The van der Waals surface area contributed by atoms with Crippen LogP contribution >= 0.6 is 0 Å². The van der Waals surface area contributed by atoms with Gasteiger partial charge in [-0.05, 0) is 38.5 Å². The van der Waals surface area contributed by atoms with Crippen molar-refractivity contribution >= 4 is 10.0 Å². The fourth-order valence-electron chi connectivity index (χ4n) is 2.58. The zero-order chi connectivity index (χ0) is 15.7. The number of aryl methyl sites for hydroxylation is 2. The summed E-state index contributed by atoms with van der Waals surface area (Å²) in [6.45, 7) is 3.92. The summed E-state index contributed by atoms with van der Waals surface area (Å²) in [6, 6.07) is 0. The van der Waals surface area contributed by atoms with Crippen molar-refractivity contribution in [2.24, 2.45) is 5.41 Å². The van der Waals surface area contributed by atoms with Crippen molar-refractivity contribution in [3.8, 4) is 0 Å². The third-order valence-electron chi connectivity index (χ3n) is 4.18. The molecule has 2 N–H and O–H groups in total. The molecule has 0 atom stereocenters. The van der Waals surface area contributed by atoms with Gasteiger partial charge in [-0.3, -0.25) is 0 Å². The second-order valence-electron chi connectivity index (χ2n) is 5.75. The van der Waals surface area contributed by atoms with Crippen molar-refractivity contribution in [3.05, 3.63) is 17.1 Å². The molecule has 120 valence electrons. The molecule has 1 fully saturated rings. The van der Waals surface area contributed by atoms with Gasteiger partial charge in [0.25, 0.3) is 0 Å². The molecule has 0 bridgehead atoms. The topological polar surface area (TPSA) is 88.8 Å². The maximum Gasteiger partial charge on any atom is 0.244 e. The predicted molar refractivity (Wildman–Crippen MR) is 77.5 cm³/mol. The lowest BCUT2D eigenvalue weighted by atomic mass is 10.0. The molecule has 1 saturated carbocycles. The van der Waals surface area contributed by atoms with Gasteiger partial charge in [-0.15, -0.1) is 0 Å². The number of aliphatic hydroxyl groups is 1. The molecule has 7 heteroatoms. The van der Waals surface area contributed by atoms with Crippen LogP contribution in [0.2, 0.25) is 0 Å². The summed E-state index contributed by atoms with van der Waals surface area (Å²) in [5, 5.41) is 9.36. The molecular weight excluding hydrogens is 294 g/mol. The first kappa shape index (κ1) is 16.5. The molecule has 2 rings (SSSR count). The summed E-state index contributed by atoms with van der Waals surface area (Å²) in [7, 11) is -2.03. The number of rotatable bonds is 8. The number of ether oxygens (including phenoxy) is 1. The average molecular weight is 317 g/mol. The molecule has 1 aromatic heterocycles. The lowest BCUT2D eigenvalue weighted by Gasteiger charge is -2.15. The van der Waals surface area contributed by atoms with Crippen LogP contribution in [-0.4, -0.2) is 33.8 Å². The van der Waals surface area contributed by atoms with Gasteiger partial charge >= 0.3 is 0 Å². The Labute approximate surface area is 125 Å². The van der Waals surface area contributed by atoms with E-state index in [-0.39, 0.29) is 16.9 Å². The highest BCUT2D eigenvalue weighted by atomic mass is 32.2. The molecule has 6 nitrogen and oxygen atoms in total. The minimum Gasteiger partial charge on any atom is -0.465 e. The van der Waals surface area contributed by atoms with Gasteiger partial charge < -0.3 is 14.3 Å². The first-order valence-electron chi connectivity index (χ1n) is 7.03. The number of furan rings is 1. The SMILES string of the molecule is COCCC1(CNS(=O)(=O)c2c(C)oc(C)c2CO)CC1. The molecule has 21 heavy (non-hydrogen) atoms. The van der Waals surface area contributed by atoms with E-state index in [0.29, 0.717) is 30.2 Å². The van der Waals surface area contributed by atoms with Crippen LogP contribution in [0.25, 0.3) is 0 Å². The molecule has 0 aromatic carbocycles. The highest BCUT2D eigenvalue weighted by Crippen LogP contribution is 2.48. The lowest BCUT2D eigenvalue weighted by Crippen LogP contribution is -2.31. The first-order valence-corrected chi connectivity index (χ1v) is 8.52. The second kappa shape index (κ2) is 6.08. The zero-order valence-electron chi connectivity index (χ0n) is 12.7. The Balaban J connectivity index is 2.13. The first-order chi connectivity index (χ1) is 9.85. The van der Waals surface area contributed by atoms with E-state index in [1.54, 1.807) is 21.0 Å². The minimum absolute atomic E-state index is 0.0230. The summed E-state index contributed by atoms with van der Waals surface area (Å²) < 4.78 is 38.0. The lowest BCUT2D eigenvalue weighted by molar-refractivity contribution is 0.173. The van der Waals surface area contributed by atoms with Gasteiger partial charge in [0.2, 0.25) is 10.0 Å². The van der Waals surface area contributed by atoms with Crippen LogP contribution in [0.15, 0.2) is 9.31 Å². The summed E-state index contributed by atoms with van der Waals surface area (Å²) in [4.78, 5) is 0.0741. The van der Waals surface area contributed by atoms with Crippen LogP contribution in [0.5, 0.6) is 0 Å². The Morgan fingerprint density at radius 1 is 1.33 bits per heavy atom. The van der Waals surface area contributed by atoms with E-state index < -0.39 is 10.0 Å². The Morgan fingerprint density at radius 3 is 2.52 bits per heavy atom. The maximum atomic E-state index is 12.5. The van der Waals surface area contributed by atoms with Crippen molar-refractivity contribution < 1.29 is 22.7 Å². The molecule has 0 saturated heterocycles. The molecule has 1 aromatic rings. The molecular formula is C14H23NO5S. The molecule has 0 amide bonds. The quantitative estimate of drug-likeness (QED) is 0.758. The fraction of sp³-hybridized carbons (Fsp3) is 0.714. The Morgan fingerprint density at radius 2 is 2.00 bits per heavy atom. The van der Waals surface area contributed by atoms with Crippen LogP contribution in [0.1, 0.15) is 36.3 Å². The van der Waals surface area contributed by atoms with E-state index >= 15 is 0 Å². The number of aliphatic hydroxyl groups excluding tert-OH is 1. The molecule has 0 unspecified atom stereocenters. The summed E-state index contributed by atoms with van der Waals surface area (Å²) in [6.07, 6.45) is 2.87. The summed E-state index contributed by atoms with van der Waals surface area (Å²) >= 11 is 0. The largest absolute Gasteiger partial charge is 0.465 e. The van der Waals surface area contributed by atoms with E-state index in [0.717, 1.165) is 19.3 Å². The highest BCUT2D eigenvalue weighted by Gasteiger charge is 2.43. The average Bonchev–Trinajstić information content (AvgIpc) is 3.13. The normalized spacial score (nSPS) is 17.1. The van der Waals surface area contributed by atoms with Crippen molar-refractivity contribution in [2.75, 3.05) is 20.3 Å². The molecule has 1 aliphatic carbocycles. The highest BCUT2D eigenvalue weighted by molar-refractivity contribution is 7.89. The minimum atomic E-state index is -3.68. The van der Waals surface area contributed by atoms with Crippen molar-refractivity contribution in [3.63, 3.8) is 0 Å². The van der Waals surface area contributed by atoms with Crippen LogP contribution < -0.4 is 4.72 Å². The van der Waals surface area contributed by atoms with Gasteiger partial charge in [0.05, 0.1) is 6.61 Å². The molecule has 1 aliphatic rings. The summed E-state index contributed by atoms with van der Waals surface area (Å²) in [5.41, 5.74) is 0.358. The third-order valence-corrected chi connectivity index (χ3v) is 5.78. The van der Waals surface area contributed by atoms with E-state index in [4.69, 9.17) is 9.15 Å². The maximum absolute atomic E-state index is 12.5. The summed E-state index contributed by atoms with van der Waals surface area (Å²) in [5.74, 6) is 0.752. The van der Waals surface area contributed by atoms with Crippen LogP contribution in [-0.2, 0) is 21.4 Å². The zero-order valence-corrected chi connectivity index (χ0v) is 13.5. The van der Waals surface area contributed by atoms with Gasteiger partial charge in [0.15, 0.2) is 0 Å². The Hall–Kier alpha value is -0.890. The molecule has 1 heterocycles. The standard InChI is InChI=1S/C14H23NO5S/c1-10-12(8-16)13(11(2)20-10)21(17,18)15-9-14(4-5-14)6-7-19-3/h15-16H,4-9H2,1-3H3. The van der Waals surface area contributed by atoms with Crippen LogP contribution in [0.3, 0.4) is 0 Å². The number of sulfonamides is 1. The predicted octanol–water partition coefficient (Wildman–Crippen LogP) is 1.48. The number of nitrogens with one attached hydrogen (secondary N) is 1. The molecule has 0 aliphatic heterocycles. The van der Waals surface area contributed by atoms with Crippen molar-refractivity contribution in [1.29, 1.82) is 0 Å². The molecule has 0 radical (unpaired) electrons. The Bertz CT molecular complexity index is 601. The van der Waals surface area contributed by atoms with E-state index in [9.17, 15) is 13.5 Å². The van der Waals surface area contributed by atoms with Gasteiger partial charge in [0.1, 0.15) is 16.4 Å². The second-order valence-corrected chi connectivity index (χ2v) is 7.45. The van der Waals surface area contributed by atoms with E-state index in [2.05, 4.69) is 4.72 Å². The number of hydrogen-bond acceptors (Lipinski definition) is 5. The van der Waals surface area contributed by atoms with Gasteiger partial charge in [0, 0.05) is 25.8 Å². The smallest absolute Gasteiger partial charge is 0.244 e. The number of methoxy groups -OCH3 is 1. The van der Waals surface area contributed by atoms with Crippen LogP contribution in [0, 0.1) is 19.3 Å². The molecule has 0 spiro atoms. The van der Waals surface area contributed by atoms with E-state index in [1.807, 2.05) is 0 Å². The monoisotopic (exact) mass is 317 g/mol. The van der Waals surface area contributed by atoms with Crippen molar-refractivity contribution in [2.45, 2.75) is 44.6 Å². The Kier molecular flexibility index (Phi) is 4.77.